The van der Waals surface area contributed by atoms with Gasteiger partial charge in [0.25, 0.3) is 5.91 Å². The Hall–Kier alpha value is -2.28. The number of benzene rings is 1. The van der Waals surface area contributed by atoms with Gasteiger partial charge in [-0.15, -0.1) is 0 Å². The minimum absolute atomic E-state index is 0.111. The largest absolute Gasteiger partial charge is 0.493 e. The molecule has 0 saturated carbocycles. The first-order chi connectivity index (χ1) is 10.5. The number of likely N-dealkylation sites (N-methyl/N-ethyl adjacent to an activating group) is 1. The molecule has 2 N–H and O–H groups in total. The summed E-state index contributed by atoms with van der Waals surface area (Å²) in [7, 11) is 3.00. The molecule has 120 valence electrons. The Labute approximate surface area is 128 Å². The molecular formula is C15H20N2O5. The summed E-state index contributed by atoms with van der Waals surface area (Å²) in [5.41, 5.74) is 1.01. The van der Waals surface area contributed by atoms with Gasteiger partial charge >= 0.3 is 0 Å². The summed E-state index contributed by atoms with van der Waals surface area (Å²) in [5.74, 6) is 0.268. The van der Waals surface area contributed by atoms with E-state index < -0.39 is 6.10 Å². The lowest BCUT2D eigenvalue weighted by molar-refractivity contribution is -0.128. The van der Waals surface area contributed by atoms with Crippen LogP contribution in [0.5, 0.6) is 11.5 Å². The molecule has 1 heterocycles. The number of nitrogens with one attached hydrogen (secondary N) is 1. The molecule has 0 fully saturated rings. The third kappa shape index (κ3) is 2.85. The van der Waals surface area contributed by atoms with Crippen molar-refractivity contribution >= 4 is 17.5 Å². The van der Waals surface area contributed by atoms with Crippen LogP contribution in [0.15, 0.2) is 12.1 Å². The highest BCUT2D eigenvalue weighted by Crippen LogP contribution is 2.43. The molecule has 1 aromatic carbocycles. The normalized spacial score (nSPS) is 16.8. The molecule has 0 spiro atoms. The Balaban J connectivity index is 2.54. The smallest absolute Gasteiger partial charge is 0.268 e. The van der Waals surface area contributed by atoms with E-state index >= 15 is 0 Å². The molecule has 0 radical (unpaired) electrons. The van der Waals surface area contributed by atoms with Crippen molar-refractivity contribution in [2.75, 3.05) is 25.6 Å². The minimum Gasteiger partial charge on any atom is -0.493 e. The number of hydrogen-bond acceptors (Lipinski definition) is 5. The molecule has 1 aromatic rings. The summed E-state index contributed by atoms with van der Waals surface area (Å²) >= 11 is 0. The van der Waals surface area contributed by atoms with Crippen LogP contribution in [0.1, 0.15) is 18.9 Å². The van der Waals surface area contributed by atoms with E-state index in [1.54, 1.807) is 12.1 Å². The number of aliphatic hydroxyl groups excluding tert-OH is 1. The molecule has 22 heavy (non-hydrogen) atoms. The molecule has 0 saturated heterocycles. The first kappa shape index (κ1) is 16.1. The average Bonchev–Trinajstić information content (AvgIpc) is 2.55. The molecule has 0 bridgehead atoms. The maximum Gasteiger partial charge on any atom is 0.268 e. The fourth-order valence-corrected chi connectivity index (χ4v) is 2.33. The van der Waals surface area contributed by atoms with Gasteiger partial charge in [-0.25, -0.2) is 0 Å². The molecule has 1 unspecified atom stereocenters. The summed E-state index contributed by atoms with van der Waals surface area (Å²) < 4.78 is 11.0. The highest BCUT2D eigenvalue weighted by Gasteiger charge is 2.36. The third-order valence-electron chi connectivity index (χ3n) is 3.54. The summed E-state index contributed by atoms with van der Waals surface area (Å²) in [6.45, 7) is 1.52. The van der Waals surface area contributed by atoms with Gasteiger partial charge in [0, 0.05) is 7.05 Å². The topological polar surface area (TPSA) is 88.1 Å². The van der Waals surface area contributed by atoms with Crippen molar-refractivity contribution in [3.05, 3.63) is 17.7 Å². The van der Waals surface area contributed by atoms with E-state index in [2.05, 4.69) is 5.32 Å². The second-order valence-electron chi connectivity index (χ2n) is 4.92. The van der Waals surface area contributed by atoms with E-state index in [0.717, 1.165) is 0 Å². The second-order valence-corrected chi connectivity index (χ2v) is 4.92. The Morgan fingerprint density at radius 1 is 1.50 bits per heavy atom. The van der Waals surface area contributed by atoms with Crippen LogP contribution in [0.4, 0.5) is 5.69 Å². The number of methoxy groups -OCH3 is 1. The lowest BCUT2D eigenvalue weighted by atomic mass is 10.1. The Morgan fingerprint density at radius 2 is 2.23 bits per heavy atom. The van der Waals surface area contributed by atoms with Gasteiger partial charge in [-0.2, -0.15) is 0 Å². The fraction of sp³-hybridized carbons (Fsp3) is 0.467. The highest BCUT2D eigenvalue weighted by molar-refractivity contribution is 6.04. The number of hydrogen-bond donors (Lipinski definition) is 2. The van der Waals surface area contributed by atoms with Crippen molar-refractivity contribution in [3.8, 4) is 11.5 Å². The van der Waals surface area contributed by atoms with Crippen LogP contribution >= 0.6 is 0 Å². The van der Waals surface area contributed by atoms with Crippen molar-refractivity contribution in [1.29, 1.82) is 0 Å². The van der Waals surface area contributed by atoms with Crippen LogP contribution in [0.2, 0.25) is 0 Å². The van der Waals surface area contributed by atoms with E-state index in [9.17, 15) is 14.7 Å². The van der Waals surface area contributed by atoms with Crippen molar-refractivity contribution in [1.82, 2.24) is 5.32 Å². The Bertz CT molecular complexity index is 588. The van der Waals surface area contributed by atoms with Gasteiger partial charge in [-0.05, 0) is 24.1 Å². The maximum absolute atomic E-state index is 12.5. The summed E-state index contributed by atoms with van der Waals surface area (Å²) in [4.78, 5) is 25.6. The Morgan fingerprint density at radius 3 is 2.77 bits per heavy atom. The molecule has 0 aromatic heterocycles. The fourth-order valence-electron chi connectivity index (χ4n) is 2.33. The van der Waals surface area contributed by atoms with E-state index in [-0.39, 0.29) is 25.0 Å². The van der Waals surface area contributed by atoms with Gasteiger partial charge in [0.2, 0.25) is 5.91 Å². The molecule has 1 aliphatic heterocycles. The Kier molecular flexibility index (Phi) is 4.87. The van der Waals surface area contributed by atoms with Crippen molar-refractivity contribution in [2.45, 2.75) is 26.1 Å². The van der Waals surface area contributed by atoms with Crippen LogP contribution in [0, 0.1) is 0 Å². The number of carbonyl (C=O) groups is 2. The monoisotopic (exact) mass is 308 g/mol. The molecule has 2 rings (SSSR count). The lowest BCUT2D eigenvalue weighted by Crippen LogP contribution is -2.49. The van der Waals surface area contributed by atoms with Gasteiger partial charge in [-0.3, -0.25) is 14.5 Å². The molecule has 1 atom stereocenters. The van der Waals surface area contributed by atoms with E-state index in [1.165, 1.54) is 19.1 Å². The number of amides is 2. The summed E-state index contributed by atoms with van der Waals surface area (Å²) in [6.07, 6.45) is -0.181. The zero-order chi connectivity index (χ0) is 16.3. The highest BCUT2D eigenvalue weighted by atomic mass is 16.5. The standard InChI is InChI=1S/C15H20N2O5/c1-4-11-15(20)17(7-13(19)16-2)10-5-9(8-18)6-12(21-3)14(10)22-11/h5-6,11,18H,4,7-8H2,1-3H3,(H,16,19). The van der Waals surface area contributed by atoms with E-state index in [1.807, 2.05) is 6.92 Å². The zero-order valence-corrected chi connectivity index (χ0v) is 12.9. The number of ether oxygens (including phenoxy) is 2. The van der Waals surface area contributed by atoms with Crippen molar-refractivity contribution in [3.63, 3.8) is 0 Å². The SMILES string of the molecule is CCC1Oc2c(OC)cc(CO)cc2N(CC(=O)NC)C1=O. The zero-order valence-electron chi connectivity index (χ0n) is 12.9. The predicted octanol–water partition coefficient (Wildman–Crippen LogP) is 0.437. The molecule has 7 heteroatoms. The molecule has 2 amide bonds. The molecule has 1 aliphatic rings. The van der Waals surface area contributed by atoms with Crippen LogP contribution in [0.25, 0.3) is 0 Å². The first-order valence-electron chi connectivity index (χ1n) is 7.06. The molecular weight excluding hydrogens is 288 g/mol. The first-order valence-corrected chi connectivity index (χ1v) is 7.06. The number of carbonyl (C=O) groups excluding carboxylic acids is 2. The number of nitrogens with zero attached hydrogens (tertiary/aromatic N) is 1. The predicted molar refractivity (Wildman–Crippen MR) is 80.0 cm³/mol. The van der Waals surface area contributed by atoms with Gasteiger partial charge in [0.05, 0.1) is 19.4 Å². The second kappa shape index (κ2) is 6.65. The van der Waals surface area contributed by atoms with Gasteiger partial charge in [0.1, 0.15) is 6.54 Å². The third-order valence-corrected chi connectivity index (χ3v) is 3.54. The van der Waals surface area contributed by atoms with Gasteiger partial charge in [-0.1, -0.05) is 6.92 Å². The van der Waals surface area contributed by atoms with Gasteiger partial charge < -0.3 is 19.9 Å². The van der Waals surface area contributed by atoms with Crippen LogP contribution in [-0.2, 0) is 16.2 Å². The number of aliphatic hydroxyl groups is 1. The summed E-state index contributed by atoms with van der Waals surface area (Å²) in [5, 5.41) is 11.9. The quantitative estimate of drug-likeness (QED) is 0.824. The molecule has 7 nitrogen and oxygen atoms in total. The minimum atomic E-state index is -0.661. The van der Waals surface area contributed by atoms with E-state index in [4.69, 9.17) is 9.47 Å². The van der Waals surface area contributed by atoms with E-state index in [0.29, 0.717) is 29.2 Å². The average molecular weight is 308 g/mol. The summed E-state index contributed by atoms with van der Waals surface area (Å²) in [6, 6.07) is 3.28. The maximum atomic E-state index is 12.5. The molecule has 0 aliphatic carbocycles. The van der Waals surface area contributed by atoms with Crippen LogP contribution < -0.4 is 19.7 Å². The number of rotatable bonds is 5. The number of fused-ring (bicyclic) bond motifs is 1. The lowest BCUT2D eigenvalue weighted by Gasteiger charge is -2.34. The van der Waals surface area contributed by atoms with Crippen molar-refractivity contribution < 1.29 is 24.2 Å². The number of anilines is 1. The van der Waals surface area contributed by atoms with Crippen molar-refractivity contribution in [2.24, 2.45) is 0 Å². The van der Waals surface area contributed by atoms with Gasteiger partial charge in [0.15, 0.2) is 17.6 Å². The van der Waals surface area contributed by atoms with Crippen LogP contribution in [0.3, 0.4) is 0 Å². The van der Waals surface area contributed by atoms with Crippen LogP contribution in [-0.4, -0.2) is 43.7 Å².